The number of nitrogens with one attached hydrogen (secondary N) is 1. The molecule has 1 aromatic carbocycles. The van der Waals surface area contributed by atoms with Crippen molar-refractivity contribution in [2.24, 2.45) is 11.1 Å². The van der Waals surface area contributed by atoms with E-state index in [9.17, 15) is 26.4 Å². The van der Waals surface area contributed by atoms with E-state index in [-0.39, 0.29) is 30.6 Å². The molecule has 1 saturated heterocycles. The van der Waals surface area contributed by atoms with Gasteiger partial charge in [-0.1, -0.05) is 0 Å². The van der Waals surface area contributed by atoms with E-state index in [0.717, 1.165) is 12.1 Å². The number of primary sulfonamides is 1. The van der Waals surface area contributed by atoms with Gasteiger partial charge in [-0.25, -0.2) is 13.6 Å². The number of hydrogen-bond acceptors (Lipinski definition) is 4. The second-order valence-corrected chi connectivity index (χ2v) is 7.16. The minimum atomic E-state index is -4.71. The number of piperidine rings is 1. The van der Waals surface area contributed by atoms with Crippen LogP contribution in [-0.4, -0.2) is 34.5 Å². The van der Waals surface area contributed by atoms with Gasteiger partial charge in [0.2, 0.25) is 15.9 Å². The van der Waals surface area contributed by atoms with Gasteiger partial charge in [-0.2, -0.15) is 13.2 Å². The van der Waals surface area contributed by atoms with Gasteiger partial charge in [-0.3, -0.25) is 4.79 Å². The van der Waals surface area contributed by atoms with Crippen LogP contribution in [0.4, 0.5) is 18.9 Å². The van der Waals surface area contributed by atoms with Crippen molar-refractivity contribution in [2.75, 3.05) is 25.0 Å². The Labute approximate surface area is 137 Å². The lowest BCUT2D eigenvalue weighted by Crippen LogP contribution is -2.40. The fourth-order valence-electron chi connectivity index (χ4n) is 2.78. The summed E-state index contributed by atoms with van der Waals surface area (Å²) in [4.78, 5) is 12.5. The van der Waals surface area contributed by atoms with E-state index in [2.05, 4.69) is 5.32 Å². The number of benzene rings is 1. The van der Waals surface area contributed by atoms with Gasteiger partial charge < -0.3 is 10.2 Å². The molecular formula is C14H18F3N3O3S. The Kier molecular flexibility index (Phi) is 5.09. The van der Waals surface area contributed by atoms with Gasteiger partial charge in [0, 0.05) is 31.7 Å². The van der Waals surface area contributed by atoms with Crippen molar-refractivity contribution in [1.82, 2.24) is 5.32 Å². The van der Waals surface area contributed by atoms with E-state index in [4.69, 9.17) is 5.14 Å². The van der Waals surface area contributed by atoms with Gasteiger partial charge in [0.25, 0.3) is 0 Å². The molecule has 10 heteroatoms. The second kappa shape index (κ2) is 6.60. The van der Waals surface area contributed by atoms with Gasteiger partial charge in [0.1, 0.15) is 0 Å². The molecule has 1 amide bonds. The Balaban J connectivity index is 2.33. The molecule has 0 unspecified atom stereocenters. The number of carbonyl (C=O) groups is 1. The van der Waals surface area contributed by atoms with Crippen molar-refractivity contribution < 1.29 is 26.4 Å². The fraction of sp³-hybridized carbons (Fsp3) is 0.500. The normalized spacial score (nSPS) is 17.0. The van der Waals surface area contributed by atoms with Crippen molar-refractivity contribution in [3.63, 3.8) is 0 Å². The Bertz CT molecular complexity index is 727. The van der Waals surface area contributed by atoms with E-state index in [1.54, 1.807) is 0 Å². The maximum atomic E-state index is 13.3. The molecule has 0 bridgehead atoms. The zero-order valence-corrected chi connectivity index (χ0v) is 13.7. The maximum absolute atomic E-state index is 13.3. The molecule has 1 aliphatic heterocycles. The standard InChI is InChI=1S/C14H18F3N3O3S/c1-19-13(21)9-4-6-20(7-5-9)12-3-2-10(24(18,22)23)8-11(12)14(15,16)17/h2-3,8-9H,4-7H2,1H3,(H,19,21)(H2,18,22,23). The molecule has 3 N–H and O–H groups in total. The van der Waals surface area contributed by atoms with Crippen LogP contribution in [-0.2, 0) is 21.0 Å². The van der Waals surface area contributed by atoms with Crippen LogP contribution in [0.1, 0.15) is 18.4 Å². The number of nitrogens with two attached hydrogens (primary N) is 1. The summed E-state index contributed by atoms with van der Waals surface area (Å²) in [6.45, 7) is 0.547. The Morgan fingerprint density at radius 2 is 1.88 bits per heavy atom. The molecule has 1 aromatic rings. The quantitative estimate of drug-likeness (QED) is 0.845. The zero-order chi connectivity index (χ0) is 18.1. The molecule has 6 nitrogen and oxygen atoms in total. The number of alkyl halides is 3. The number of amides is 1. The van der Waals surface area contributed by atoms with Crippen molar-refractivity contribution in [1.29, 1.82) is 0 Å². The first-order chi connectivity index (χ1) is 11.0. The lowest BCUT2D eigenvalue weighted by atomic mass is 9.95. The van der Waals surface area contributed by atoms with Gasteiger partial charge in [-0.05, 0) is 31.0 Å². The largest absolute Gasteiger partial charge is 0.418 e. The summed E-state index contributed by atoms with van der Waals surface area (Å²) in [7, 11) is -2.71. The summed E-state index contributed by atoms with van der Waals surface area (Å²) < 4.78 is 62.5. The SMILES string of the molecule is CNC(=O)C1CCN(c2ccc(S(N)(=O)=O)cc2C(F)(F)F)CC1. The number of carbonyl (C=O) groups excluding carboxylic acids is 1. The number of rotatable bonds is 3. The topological polar surface area (TPSA) is 92.5 Å². The number of hydrogen-bond donors (Lipinski definition) is 2. The molecule has 0 radical (unpaired) electrons. The van der Waals surface area contributed by atoms with Crippen LogP contribution in [0, 0.1) is 5.92 Å². The first-order valence-corrected chi connectivity index (χ1v) is 8.79. The number of anilines is 1. The molecule has 24 heavy (non-hydrogen) atoms. The van der Waals surface area contributed by atoms with Crippen molar-refractivity contribution >= 4 is 21.6 Å². The summed E-state index contributed by atoms with van der Waals surface area (Å²) in [5, 5.41) is 7.44. The highest BCUT2D eigenvalue weighted by Gasteiger charge is 2.37. The highest BCUT2D eigenvalue weighted by Crippen LogP contribution is 2.39. The molecule has 134 valence electrons. The van der Waals surface area contributed by atoms with Crippen LogP contribution < -0.4 is 15.4 Å². The number of nitrogens with zero attached hydrogens (tertiary/aromatic N) is 1. The average Bonchev–Trinajstić information content (AvgIpc) is 2.52. The summed E-state index contributed by atoms with van der Waals surface area (Å²) in [5.74, 6) is -0.362. The van der Waals surface area contributed by atoms with Gasteiger partial charge in [0.05, 0.1) is 10.5 Å². The molecule has 1 fully saturated rings. The number of sulfonamides is 1. The van der Waals surface area contributed by atoms with E-state index >= 15 is 0 Å². The van der Waals surface area contributed by atoms with Crippen molar-refractivity contribution in [2.45, 2.75) is 23.9 Å². The zero-order valence-electron chi connectivity index (χ0n) is 12.9. The molecule has 2 rings (SSSR count). The minimum Gasteiger partial charge on any atom is -0.371 e. The number of halogens is 3. The van der Waals surface area contributed by atoms with Crippen molar-refractivity contribution in [3.8, 4) is 0 Å². The highest BCUT2D eigenvalue weighted by molar-refractivity contribution is 7.89. The third-order valence-electron chi connectivity index (χ3n) is 4.05. The lowest BCUT2D eigenvalue weighted by Gasteiger charge is -2.34. The molecular weight excluding hydrogens is 347 g/mol. The smallest absolute Gasteiger partial charge is 0.371 e. The average molecular weight is 365 g/mol. The van der Waals surface area contributed by atoms with Gasteiger partial charge >= 0.3 is 6.18 Å². The Morgan fingerprint density at radius 3 is 2.33 bits per heavy atom. The van der Waals surface area contributed by atoms with Gasteiger partial charge in [0.15, 0.2) is 0 Å². The maximum Gasteiger partial charge on any atom is 0.418 e. The Morgan fingerprint density at radius 1 is 1.29 bits per heavy atom. The molecule has 0 atom stereocenters. The van der Waals surface area contributed by atoms with E-state index in [1.807, 2.05) is 0 Å². The minimum absolute atomic E-state index is 0.106. The monoisotopic (exact) mass is 365 g/mol. The van der Waals surface area contributed by atoms with Crippen LogP contribution in [0.3, 0.4) is 0 Å². The lowest BCUT2D eigenvalue weighted by molar-refractivity contribution is -0.137. The predicted octanol–water partition coefficient (Wildman–Crippen LogP) is 1.32. The van der Waals surface area contributed by atoms with Crippen LogP contribution in [0.15, 0.2) is 23.1 Å². The summed E-state index contributed by atoms with van der Waals surface area (Å²) >= 11 is 0. The third kappa shape index (κ3) is 3.99. The summed E-state index contributed by atoms with van der Waals surface area (Å²) in [6.07, 6.45) is -3.87. The molecule has 1 aliphatic rings. The van der Waals surface area contributed by atoms with E-state index in [0.29, 0.717) is 18.9 Å². The second-order valence-electron chi connectivity index (χ2n) is 5.60. The fourth-order valence-corrected chi connectivity index (χ4v) is 3.32. The predicted molar refractivity (Wildman–Crippen MR) is 81.8 cm³/mol. The molecule has 0 saturated carbocycles. The van der Waals surface area contributed by atoms with E-state index < -0.39 is 26.7 Å². The molecule has 1 heterocycles. The molecule has 0 aromatic heterocycles. The van der Waals surface area contributed by atoms with Crippen LogP contribution >= 0.6 is 0 Å². The first kappa shape index (κ1) is 18.5. The van der Waals surface area contributed by atoms with Crippen LogP contribution in [0.25, 0.3) is 0 Å². The summed E-state index contributed by atoms with van der Waals surface area (Å²) in [5.41, 5.74) is -1.15. The summed E-state index contributed by atoms with van der Waals surface area (Å²) in [6, 6.07) is 2.73. The van der Waals surface area contributed by atoms with Gasteiger partial charge in [-0.15, -0.1) is 0 Å². The Hall–Kier alpha value is -1.81. The van der Waals surface area contributed by atoms with E-state index in [1.165, 1.54) is 11.9 Å². The molecule has 0 spiro atoms. The highest BCUT2D eigenvalue weighted by atomic mass is 32.2. The van der Waals surface area contributed by atoms with Crippen molar-refractivity contribution in [3.05, 3.63) is 23.8 Å². The van der Waals surface area contributed by atoms with Crippen LogP contribution in [0.5, 0.6) is 0 Å². The van der Waals surface area contributed by atoms with Crippen LogP contribution in [0.2, 0.25) is 0 Å². The molecule has 0 aliphatic carbocycles. The first-order valence-electron chi connectivity index (χ1n) is 7.24. The third-order valence-corrected chi connectivity index (χ3v) is 4.97.